The second-order valence-electron chi connectivity index (χ2n) is 5.75. The van der Waals surface area contributed by atoms with Crippen LogP contribution in [0.4, 0.5) is 0 Å². The fourth-order valence-corrected chi connectivity index (χ4v) is 2.26. The molecule has 0 aliphatic carbocycles. The van der Waals surface area contributed by atoms with Crippen molar-refractivity contribution in [3.63, 3.8) is 0 Å². The monoisotopic (exact) mass is 274 g/mol. The highest BCUT2D eigenvalue weighted by molar-refractivity contribution is 5.87. The zero-order valence-electron chi connectivity index (χ0n) is 12.5. The molecular formula is C17H24NO2+. The van der Waals surface area contributed by atoms with Crippen LogP contribution in [0.2, 0.25) is 0 Å². The maximum atomic E-state index is 9.40. The van der Waals surface area contributed by atoms with E-state index in [9.17, 15) is 5.11 Å². The van der Waals surface area contributed by atoms with Crippen molar-refractivity contribution in [3.8, 4) is 5.75 Å². The number of aliphatic hydroxyl groups excluding tert-OH is 1. The number of quaternary nitrogens is 1. The van der Waals surface area contributed by atoms with E-state index in [2.05, 4.69) is 29.6 Å². The van der Waals surface area contributed by atoms with Crippen molar-refractivity contribution in [2.75, 3.05) is 13.2 Å². The molecule has 0 heterocycles. The van der Waals surface area contributed by atoms with E-state index in [0.29, 0.717) is 6.61 Å². The first-order valence-corrected chi connectivity index (χ1v) is 7.16. The number of rotatable bonds is 6. The fourth-order valence-electron chi connectivity index (χ4n) is 2.26. The number of hydrogen-bond acceptors (Lipinski definition) is 2. The third kappa shape index (κ3) is 3.30. The average Bonchev–Trinajstić information content (AvgIpc) is 2.46. The molecular weight excluding hydrogens is 250 g/mol. The Morgan fingerprint density at radius 1 is 1.15 bits per heavy atom. The number of hydrogen-bond donors (Lipinski definition) is 2. The van der Waals surface area contributed by atoms with Crippen LogP contribution in [0, 0.1) is 0 Å². The molecule has 0 spiro atoms. The molecule has 0 saturated carbocycles. The van der Waals surface area contributed by atoms with Crippen LogP contribution in [0.1, 0.15) is 26.3 Å². The van der Waals surface area contributed by atoms with Crippen LogP contribution in [-0.2, 0) is 6.54 Å². The Hall–Kier alpha value is -1.58. The lowest BCUT2D eigenvalue weighted by Crippen LogP contribution is -2.95. The average molecular weight is 274 g/mol. The van der Waals surface area contributed by atoms with E-state index < -0.39 is 0 Å². The van der Waals surface area contributed by atoms with Crippen LogP contribution >= 0.6 is 0 Å². The van der Waals surface area contributed by atoms with Crippen LogP contribution in [0.5, 0.6) is 5.75 Å². The van der Waals surface area contributed by atoms with E-state index >= 15 is 0 Å². The zero-order valence-corrected chi connectivity index (χ0v) is 12.5. The first-order chi connectivity index (χ1) is 9.57. The number of ether oxygens (including phenoxy) is 1. The van der Waals surface area contributed by atoms with Gasteiger partial charge in [0.05, 0.1) is 18.8 Å². The molecule has 0 aromatic heterocycles. The van der Waals surface area contributed by atoms with Crippen molar-refractivity contribution in [1.29, 1.82) is 0 Å². The lowest BCUT2D eigenvalue weighted by atomic mass is 10.0. The smallest absolute Gasteiger partial charge is 0.128 e. The van der Waals surface area contributed by atoms with Crippen molar-refractivity contribution < 1.29 is 15.2 Å². The Morgan fingerprint density at radius 3 is 2.60 bits per heavy atom. The third-order valence-corrected chi connectivity index (χ3v) is 3.56. The van der Waals surface area contributed by atoms with Gasteiger partial charge in [-0.05, 0) is 37.6 Å². The summed E-state index contributed by atoms with van der Waals surface area (Å²) in [5, 5.41) is 14.0. The molecule has 2 aromatic rings. The van der Waals surface area contributed by atoms with Gasteiger partial charge >= 0.3 is 0 Å². The van der Waals surface area contributed by atoms with Crippen LogP contribution < -0.4 is 10.1 Å². The van der Waals surface area contributed by atoms with E-state index in [1.54, 1.807) is 0 Å². The molecule has 0 aliphatic rings. The summed E-state index contributed by atoms with van der Waals surface area (Å²) >= 11 is 0. The molecule has 0 aliphatic heterocycles. The minimum atomic E-state index is -0.180. The SMILES string of the molecule is CCOc1ccc2ccccc2c1C[NH2+]C(C)(C)CO. The summed E-state index contributed by atoms with van der Waals surface area (Å²) < 4.78 is 5.76. The number of aliphatic hydroxyl groups is 1. The van der Waals surface area contributed by atoms with E-state index in [1.165, 1.54) is 16.3 Å². The standard InChI is InChI=1S/C17H23NO2/c1-4-20-16-10-9-13-7-5-6-8-14(13)15(16)11-18-17(2,3)12-19/h5-10,18-19H,4,11-12H2,1-3H3/p+1. The van der Waals surface area contributed by atoms with Gasteiger partial charge in [0.2, 0.25) is 0 Å². The predicted octanol–water partition coefficient (Wildman–Crippen LogP) is 2.07. The Morgan fingerprint density at radius 2 is 1.90 bits per heavy atom. The minimum absolute atomic E-state index is 0.154. The van der Waals surface area contributed by atoms with E-state index in [1.807, 2.05) is 32.9 Å². The number of nitrogens with two attached hydrogens (primary N) is 1. The summed E-state index contributed by atoms with van der Waals surface area (Å²) in [5.74, 6) is 0.941. The molecule has 2 rings (SSSR count). The molecule has 0 bridgehead atoms. The van der Waals surface area contributed by atoms with Gasteiger partial charge in [-0.3, -0.25) is 0 Å². The summed E-state index contributed by atoms with van der Waals surface area (Å²) in [4.78, 5) is 0. The first-order valence-electron chi connectivity index (χ1n) is 7.16. The normalized spacial score (nSPS) is 11.8. The Labute approximate surface area is 120 Å². The lowest BCUT2D eigenvalue weighted by Gasteiger charge is -2.21. The summed E-state index contributed by atoms with van der Waals surface area (Å²) in [6.07, 6.45) is 0. The number of fused-ring (bicyclic) bond motifs is 1. The number of benzene rings is 2. The van der Waals surface area contributed by atoms with Crippen LogP contribution in [-0.4, -0.2) is 23.9 Å². The van der Waals surface area contributed by atoms with Gasteiger partial charge in [0.15, 0.2) is 0 Å². The van der Waals surface area contributed by atoms with E-state index in [-0.39, 0.29) is 12.1 Å². The van der Waals surface area contributed by atoms with Gasteiger partial charge in [-0.1, -0.05) is 30.3 Å². The summed E-state index contributed by atoms with van der Waals surface area (Å²) in [6, 6.07) is 12.5. The molecule has 20 heavy (non-hydrogen) atoms. The van der Waals surface area contributed by atoms with Crippen molar-refractivity contribution in [1.82, 2.24) is 0 Å². The zero-order chi connectivity index (χ0) is 14.6. The summed E-state index contributed by atoms with van der Waals surface area (Å²) in [7, 11) is 0. The largest absolute Gasteiger partial charge is 0.493 e. The summed E-state index contributed by atoms with van der Waals surface area (Å²) in [5.41, 5.74) is 1.02. The molecule has 0 unspecified atom stereocenters. The second-order valence-corrected chi connectivity index (χ2v) is 5.75. The molecule has 0 saturated heterocycles. The lowest BCUT2D eigenvalue weighted by molar-refractivity contribution is -0.736. The Balaban J connectivity index is 2.39. The maximum absolute atomic E-state index is 9.40. The highest BCUT2D eigenvalue weighted by atomic mass is 16.5. The van der Waals surface area contributed by atoms with E-state index in [4.69, 9.17) is 4.74 Å². The first kappa shape index (κ1) is 14.8. The quantitative estimate of drug-likeness (QED) is 0.847. The van der Waals surface area contributed by atoms with Gasteiger partial charge in [0, 0.05) is 0 Å². The van der Waals surface area contributed by atoms with Gasteiger partial charge in [0.1, 0.15) is 17.8 Å². The molecule has 0 atom stereocenters. The molecule has 3 nitrogen and oxygen atoms in total. The van der Waals surface area contributed by atoms with Crippen LogP contribution in [0.15, 0.2) is 36.4 Å². The molecule has 3 heteroatoms. The molecule has 2 aromatic carbocycles. The minimum Gasteiger partial charge on any atom is -0.493 e. The molecule has 108 valence electrons. The van der Waals surface area contributed by atoms with Crippen LogP contribution in [0.25, 0.3) is 10.8 Å². The highest BCUT2D eigenvalue weighted by Gasteiger charge is 2.21. The van der Waals surface area contributed by atoms with Gasteiger partial charge in [-0.15, -0.1) is 0 Å². The van der Waals surface area contributed by atoms with Crippen molar-refractivity contribution in [2.45, 2.75) is 32.9 Å². The fraction of sp³-hybridized carbons (Fsp3) is 0.412. The van der Waals surface area contributed by atoms with Crippen molar-refractivity contribution in [2.24, 2.45) is 0 Å². The molecule has 3 N–H and O–H groups in total. The Kier molecular flexibility index (Phi) is 4.63. The second kappa shape index (κ2) is 6.25. The van der Waals surface area contributed by atoms with Gasteiger partial charge in [-0.2, -0.15) is 0 Å². The molecule has 0 fully saturated rings. The highest BCUT2D eigenvalue weighted by Crippen LogP contribution is 2.27. The Bertz CT molecular complexity index is 578. The summed E-state index contributed by atoms with van der Waals surface area (Å²) in [6.45, 7) is 7.69. The van der Waals surface area contributed by atoms with Crippen LogP contribution in [0.3, 0.4) is 0 Å². The van der Waals surface area contributed by atoms with Crippen molar-refractivity contribution >= 4 is 10.8 Å². The van der Waals surface area contributed by atoms with Gasteiger partial charge in [-0.25, -0.2) is 0 Å². The topological polar surface area (TPSA) is 46.1 Å². The molecule has 0 amide bonds. The van der Waals surface area contributed by atoms with Gasteiger partial charge < -0.3 is 15.2 Å². The van der Waals surface area contributed by atoms with Crippen molar-refractivity contribution in [3.05, 3.63) is 42.0 Å². The maximum Gasteiger partial charge on any atom is 0.128 e. The third-order valence-electron chi connectivity index (χ3n) is 3.56. The predicted molar refractivity (Wildman–Crippen MR) is 81.9 cm³/mol. The van der Waals surface area contributed by atoms with E-state index in [0.717, 1.165) is 12.3 Å². The molecule has 0 radical (unpaired) electrons. The van der Waals surface area contributed by atoms with Gasteiger partial charge in [0.25, 0.3) is 0 Å².